The quantitative estimate of drug-likeness (QED) is 0.879. The molecule has 0 aromatic heterocycles. The largest absolute Gasteiger partial charge is 0.497 e. The molecule has 0 saturated carbocycles. The third-order valence-corrected chi connectivity index (χ3v) is 2.67. The van der Waals surface area contributed by atoms with Crippen LogP contribution in [-0.2, 0) is 13.2 Å². The predicted octanol–water partition coefficient (Wildman–Crippen LogP) is 2.77. The maximum absolute atomic E-state index is 9.20. The molecular weight excluding hydrogens is 228 g/mol. The summed E-state index contributed by atoms with van der Waals surface area (Å²) in [6, 6.07) is 15.2. The Morgan fingerprint density at radius 1 is 1.06 bits per heavy atom. The number of rotatable bonds is 5. The molecule has 0 aliphatic carbocycles. The molecule has 1 N–H and O–H groups in total. The molecule has 0 aliphatic rings. The SMILES string of the molecule is COc1cccc(COc2ccccc2CO)c1. The second-order valence-corrected chi connectivity index (χ2v) is 3.91. The van der Waals surface area contributed by atoms with Crippen LogP contribution in [-0.4, -0.2) is 12.2 Å². The molecule has 0 fully saturated rings. The van der Waals surface area contributed by atoms with Gasteiger partial charge in [0.15, 0.2) is 0 Å². The fourth-order valence-corrected chi connectivity index (χ4v) is 1.70. The molecule has 94 valence electrons. The van der Waals surface area contributed by atoms with Crippen LogP contribution >= 0.6 is 0 Å². The van der Waals surface area contributed by atoms with Crippen molar-refractivity contribution < 1.29 is 14.6 Å². The first-order valence-corrected chi connectivity index (χ1v) is 5.78. The maximum Gasteiger partial charge on any atom is 0.125 e. The molecule has 3 heteroatoms. The molecule has 2 rings (SSSR count). The first kappa shape index (κ1) is 12.5. The van der Waals surface area contributed by atoms with E-state index in [0.717, 1.165) is 16.9 Å². The van der Waals surface area contributed by atoms with Gasteiger partial charge in [-0.1, -0.05) is 30.3 Å². The summed E-state index contributed by atoms with van der Waals surface area (Å²) in [5.74, 6) is 1.52. The molecule has 0 aliphatic heterocycles. The van der Waals surface area contributed by atoms with Gasteiger partial charge in [0.25, 0.3) is 0 Å². The van der Waals surface area contributed by atoms with Crippen molar-refractivity contribution >= 4 is 0 Å². The van der Waals surface area contributed by atoms with Crippen LogP contribution in [0.2, 0.25) is 0 Å². The lowest BCUT2D eigenvalue weighted by Gasteiger charge is -2.10. The van der Waals surface area contributed by atoms with E-state index in [1.807, 2.05) is 48.5 Å². The van der Waals surface area contributed by atoms with Crippen molar-refractivity contribution in [3.8, 4) is 11.5 Å². The zero-order valence-corrected chi connectivity index (χ0v) is 10.3. The molecule has 0 amide bonds. The van der Waals surface area contributed by atoms with Crippen molar-refractivity contribution in [3.05, 3.63) is 59.7 Å². The summed E-state index contributed by atoms with van der Waals surface area (Å²) in [4.78, 5) is 0. The van der Waals surface area contributed by atoms with E-state index >= 15 is 0 Å². The summed E-state index contributed by atoms with van der Waals surface area (Å²) in [5, 5.41) is 9.20. The molecule has 2 aromatic rings. The normalized spacial score (nSPS) is 10.1. The topological polar surface area (TPSA) is 38.7 Å². The fraction of sp³-hybridized carbons (Fsp3) is 0.200. The highest BCUT2D eigenvalue weighted by Crippen LogP contribution is 2.20. The van der Waals surface area contributed by atoms with Gasteiger partial charge < -0.3 is 14.6 Å². The highest BCUT2D eigenvalue weighted by Gasteiger charge is 2.02. The third kappa shape index (κ3) is 3.02. The highest BCUT2D eigenvalue weighted by molar-refractivity contribution is 5.33. The number of methoxy groups -OCH3 is 1. The third-order valence-electron chi connectivity index (χ3n) is 2.67. The Kier molecular flexibility index (Phi) is 4.20. The van der Waals surface area contributed by atoms with Gasteiger partial charge in [-0.15, -0.1) is 0 Å². The standard InChI is InChI=1S/C15H16O3/c1-17-14-7-4-5-12(9-14)11-18-15-8-3-2-6-13(15)10-16/h2-9,16H,10-11H2,1H3. The first-order valence-electron chi connectivity index (χ1n) is 5.78. The number of ether oxygens (including phenoxy) is 2. The number of hydrogen-bond acceptors (Lipinski definition) is 3. The second-order valence-electron chi connectivity index (χ2n) is 3.91. The van der Waals surface area contributed by atoms with Gasteiger partial charge in [0, 0.05) is 5.56 Å². The molecule has 0 heterocycles. The molecule has 0 atom stereocenters. The molecule has 3 nitrogen and oxygen atoms in total. The van der Waals surface area contributed by atoms with Gasteiger partial charge in [-0.3, -0.25) is 0 Å². The van der Waals surface area contributed by atoms with E-state index in [-0.39, 0.29) is 6.61 Å². The summed E-state index contributed by atoms with van der Waals surface area (Å²) in [7, 11) is 1.64. The lowest BCUT2D eigenvalue weighted by Crippen LogP contribution is -1.98. The summed E-state index contributed by atoms with van der Waals surface area (Å²) in [6.07, 6.45) is 0. The highest BCUT2D eigenvalue weighted by atomic mass is 16.5. The molecule has 0 saturated heterocycles. The molecule has 0 spiro atoms. The van der Waals surface area contributed by atoms with Gasteiger partial charge in [0.2, 0.25) is 0 Å². The van der Waals surface area contributed by atoms with E-state index in [2.05, 4.69) is 0 Å². The predicted molar refractivity (Wildman–Crippen MR) is 69.7 cm³/mol. The van der Waals surface area contributed by atoms with E-state index in [9.17, 15) is 5.11 Å². The van der Waals surface area contributed by atoms with Crippen molar-refractivity contribution in [2.45, 2.75) is 13.2 Å². The minimum absolute atomic E-state index is 0.0196. The monoisotopic (exact) mass is 244 g/mol. The molecule has 0 radical (unpaired) electrons. The second kappa shape index (κ2) is 6.07. The number of aliphatic hydroxyl groups excluding tert-OH is 1. The number of hydrogen-bond donors (Lipinski definition) is 1. The van der Waals surface area contributed by atoms with E-state index < -0.39 is 0 Å². The number of para-hydroxylation sites is 1. The van der Waals surface area contributed by atoms with Crippen LogP contribution < -0.4 is 9.47 Å². The zero-order valence-electron chi connectivity index (χ0n) is 10.3. The number of aliphatic hydroxyl groups is 1. The Morgan fingerprint density at radius 3 is 2.67 bits per heavy atom. The molecule has 18 heavy (non-hydrogen) atoms. The van der Waals surface area contributed by atoms with Crippen LogP contribution in [0.3, 0.4) is 0 Å². The average Bonchev–Trinajstić information content (AvgIpc) is 2.45. The summed E-state index contributed by atoms with van der Waals surface area (Å²) in [5.41, 5.74) is 1.82. The minimum Gasteiger partial charge on any atom is -0.497 e. The first-order chi connectivity index (χ1) is 8.83. The fourth-order valence-electron chi connectivity index (χ4n) is 1.70. The maximum atomic E-state index is 9.20. The van der Waals surface area contributed by atoms with E-state index in [1.165, 1.54) is 0 Å². The van der Waals surface area contributed by atoms with Crippen LogP contribution in [0.15, 0.2) is 48.5 Å². The van der Waals surface area contributed by atoms with Gasteiger partial charge in [0.05, 0.1) is 13.7 Å². The zero-order chi connectivity index (χ0) is 12.8. The van der Waals surface area contributed by atoms with Crippen molar-refractivity contribution in [3.63, 3.8) is 0 Å². The summed E-state index contributed by atoms with van der Waals surface area (Å²) in [6.45, 7) is 0.433. The van der Waals surface area contributed by atoms with Crippen molar-refractivity contribution in [2.75, 3.05) is 7.11 Å². The van der Waals surface area contributed by atoms with Gasteiger partial charge in [-0.2, -0.15) is 0 Å². The van der Waals surface area contributed by atoms with E-state index in [0.29, 0.717) is 12.4 Å². The molecule has 2 aromatic carbocycles. The Hall–Kier alpha value is -2.00. The van der Waals surface area contributed by atoms with Crippen molar-refractivity contribution in [1.29, 1.82) is 0 Å². The van der Waals surface area contributed by atoms with Crippen LogP contribution in [0, 0.1) is 0 Å². The van der Waals surface area contributed by atoms with E-state index in [1.54, 1.807) is 7.11 Å². The van der Waals surface area contributed by atoms with Gasteiger partial charge in [0.1, 0.15) is 18.1 Å². The number of benzene rings is 2. The Bertz CT molecular complexity index is 509. The van der Waals surface area contributed by atoms with Crippen LogP contribution in [0.1, 0.15) is 11.1 Å². The van der Waals surface area contributed by atoms with Gasteiger partial charge in [-0.05, 0) is 23.8 Å². The Balaban J connectivity index is 2.06. The van der Waals surface area contributed by atoms with Crippen LogP contribution in [0.25, 0.3) is 0 Å². The summed E-state index contributed by atoms with van der Waals surface area (Å²) >= 11 is 0. The van der Waals surface area contributed by atoms with Crippen LogP contribution in [0.4, 0.5) is 0 Å². The average molecular weight is 244 g/mol. The van der Waals surface area contributed by atoms with Crippen molar-refractivity contribution in [2.24, 2.45) is 0 Å². The summed E-state index contributed by atoms with van der Waals surface area (Å²) < 4.78 is 10.9. The Labute approximate surface area is 107 Å². The van der Waals surface area contributed by atoms with Crippen LogP contribution in [0.5, 0.6) is 11.5 Å². The molecule has 0 unspecified atom stereocenters. The Morgan fingerprint density at radius 2 is 1.89 bits per heavy atom. The van der Waals surface area contributed by atoms with Gasteiger partial charge in [-0.25, -0.2) is 0 Å². The van der Waals surface area contributed by atoms with E-state index in [4.69, 9.17) is 9.47 Å². The lowest BCUT2D eigenvalue weighted by atomic mass is 10.2. The molecular formula is C15H16O3. The minimum atomic E-state index is -0.0196. The lowest BCUT2D eigenvalue weighted by molar-refractivity contribution is 0.259. The van der Waals surface area contributed by atoms with Crippen molar-refractivity contribution in [1.82, 2.24) is 0 Å². The van der Waals surface area contributed by atoms with Gasteiger partial charge >= 0.3 is 0 Å². The molecule has 0 bridgehead atoms. The smallest absolute Gasteiger partial charge is 0.125 e.